The smallest absolute Gasteiger partial charge is 0.319 e. The largest absolute Gasteiger partial charge is 0.465 e. The molecule has 13 heteroatoms. The molecule has 2 N–H and O–H groups in total. The summed E-state index contributed by atoms with van der Waals surface area (Å²) in [5.41, 5.74) is 0.558. The first kappa shape index (κ1) is 20.8. The van der Waals surface area contributed by atoms with E-state index in [1.165, 1.54) is 24.3 Å². The molecule has 0 aliphatic heterocycles. The number of carbonyl (C=O) groups is 1. The summed E-state index contributed by atoms with van der Waals surface area (Å²) in [4.78, 5) is 21.4. The average molecular weight is 415 g/mol. The van der Waals surface area contributed by atoms with Gasteiger partial charge in [0.05, 0.1) is 18.1 Å². The molecule has 0 spiro atoms. The van der Waals surface area contributed by atoms with Gasteiger partial charge in [-0.25, -0.2) is 8.51 Å². The van der Waals surface area contributed by atoms with Gasteiger partial charge in [-0.15, -0.1) is 10.2 Å². The van der Waals surface area contributed by atoms with Crippen molar-refractivity contribution >= 4 is 39.4 Å². The number of carbonyl (C=O) groups excluding carboxylic acids is 1. The van der Waals surface area contributed by atoms with Crippen LogP contribution in [0.2, 0.25) is 0 Å². The first-order valence-corrected chi connectivity index (χ1v) is 9.63. The molecule has 146 valence electrons. The van der Waals surface area contributed by atoms with Crippen LogP contribution in [-0.4, -0.2) is 56.1 Å². The number of nitro groups is 1. The molecule has 0 bridgehead atoms. The molecule has 0 amide bonds. The van der Waals surface area contributed by atoms with E-state index in [0.717, 1.165) is 15.6 Å². The Hall–Kier alpha value is -2.48. The Balaban J connectivity index is 2.01. The molecular formula is C14H17N5O6S2. The van der Waals surface area contributed by atoms with Gasteiger partial charge in [0.25, 0.3) is 17.0 Å². The molecule has 2 aromatic rings. The minimum Gasteiger partial charge on any atom is -0.465 e. The fourth-order valence-electron chi connectivity index (χ4n) is 1.98. The second-order valence-corrected chi connectivity index (χ2v) is 6.87. The number of nitrogens with zero attached hydrogens (tertiary/aromatic N) is 4. The number of anilines is 1. The third kappa shape index (κ3) is 6.02. The van der Waals surface area contributed by atoms with Crippen LogP contribution in [0.25, 0.3) is 10.6 Å². The number of aromatic nitrogens is 2. The van der Waals surface area contributed by atoms with Crippen molar-refractivity contribution in [2.75, 3.05) is 30.5 Å². The van der Waals surface area contributed by atoms with Crippen LogP contribution in [0.5, 0.6) is 0 Å². The SMILES string of the molecule is CCOC(=O)CNCCN(c1nnc(-c2ccc([N+](=O)[O-])cc2)s1)S(=O)O. The number of hydrogen-bond acceptors (Lipinski definition) is 9. The monoisotopic (exact) mass is 415 g/mol. The number of non-ortho nitro benzene ring substituents is 1. The van der Waals surface area contributed by atoms with Gasteiger partial charge in [-0.3, -0.25) is 19.5 Å². The third-order valence-electron chi connectivity index (χ3n) is 3.21. The van der Waals surface area contributed by atoms with Gasteiger partial charge in [0, 0.05) is 30.8 Å². The molecule has 0 fully saturated rings. The first-order valence-electron chi connectivity index (χ1n) is 7.75. The molecule has 2 rings (SSSR count). The van der Waals surface area contributed by atoms with Gasteiger partial charge in [-0.1, -0.05) is 11.3 Å². The molecule has 0 saturated heterocycles. The topological polar surface area (TPSA) is 148 Å². The zero-order valence-electron chi connectivity index (χ0n) is 14.2. The Morgan fingerprint density at radius 1 is 1.41 bits per heavy atom. The highest BCUT2D eigenvalue weighted by atomic mass is 32.2. The van der Waals surface area contributed by atoms with Crippen LogP contribution in [0.4, 0.5) is 10.8 Å². The number of hydrogen-bond donors (Lipinski definition) is 2. The van der Waals surface area contributed by atoms with Crippen LogP contribution in [0.15, 0.2) is 24.3 Å². The average Bonchev–Trinajstić information content (AvgIpc) is 3.11. The van der Waals surface area contributed by atoms with Gasteiger partial charge >= 0.3 is 5.97 Å². The second kappa shape index (κ2) is 10.0. The highest BCUT2D eigenvalue weighted by molar-refractivity contribution is 7.81. The molecule has 0 saturated carbocycles. The number of nitro benzene ring substituents is 1. The van der Waals surface area contributed by atoms with Crippen LogP contribution < -0.4 is 9.62 Å². The number of ether oxygens (including phenoxy) is 1. The molecule has 1 heterocycles. The van der Waals surface area contributed by atoms with Crippen molar-refractivity contribution in [3.63, 3.8) is 0 Å². The maximum absolute atomic E-state index is 11.6. The Labute approximate surface area is 160 Å². The second-order valence-electron chi connectivity index (χ2n) is 5.01. The van der Waals surface area contributed by atoms with Crippen LogP contribution in [0.3, 0.4) is 0 Å². The van der Waals surface area contributed by atoms with Gasteiger partial charge in [-0.05, 0) is 19.1 Å². The Morgan fingerprint density at radius 2 is 2.11 bits per heavy atom. The van der Waals surface area contributed by atoms with Crippen molar-refractivity contribution in [2.24, 2.45) is 0 Å². The zero-order chi connectivity index (χ0) is 19.8. The van der Waals surface area contributed by atoms with E-state index in [2.05, 4.69) is 15.5 Å². The van der Waals surface area contributed by atoms with Gasteiger partial charge in [0.15, 0.2) is 0 Å². The van der Waals surface area contributed by atoms with Crippen LogP contribution in [0, 0.1) is 10.1 Å². The number of rotatable bonds is 10. The zero-order valence-corrected chi connectivity index (χ0v) is 15.9. The molecular weight excluding hydrogens is 398 g/mol. The number of benzene rings is 1. The van der Waals surface area contributed by atoms with Gasteiger partial charge in [0.2, 0.25) is 5.13 Å². The normalized spacial score (nSPS) is 11.8. The summed E-state index contributed by atoms with van der Waals surface area (Å²) in [6, 6.07) is 5.75. The summed E-state index contributed by atoms with van der Waals surface area (Å²) < 4.78 is 26.9. The van der Waals surface area contributed by atoms with E-state index < -0.39 is 22.2 Å². The molecule has 1 aromatic heterocycles. The molecule has 0 radical (unpaired) electrons. The van der Waals surface area contributed by atoms with E-state index in [1.807, 2.05) is 0 Å². The predicted molar refractivity (Wildman–Crippen MR) is 99.6 cm³/mol. The Bertz CT molecular complexity index is 813. The Kier molecular flexibility index (Phi) is 7.72. The molecule has 27 heavy (non-hydrogen) atoms. The molecule has 0 aliphatic rings. The highest BCUT2D eigenvalue weighted by Crippen LogP contribution is 2.30. The lowest BCUT2D eigenvalue weighted by Gasteiger charge is -2.15. The van der Waals surface area contributed by atoms with E-state index in [-0.39, 0.29) is 37.1 Å². The van der Waals surface area contributed by atoms with Gasteiger partial charge in [-0.2, -0.15) is 0 Å². The van der Waals surface area contributed by atoms with Crippen molar-refractivity contribution in [1.82, 2.24) is 15.5 Å². The fraction of sp³-hybridized carbons (Fsp3) is 0.357. The molecule has 11 nitrogen and oxygen atoms in total. The van der Waals surface area contributed by atoms with E-state index in [4.69, 9.17) is 4.74 Å². The third-order valence-corrected chi connectivity index (χ3v) is 5.05. The summed E-state index contributed by atoms with van der Waals surface area (Å²) >= 11 is -1.26. The number of nitrogens with one attached hydrogen (secondary N) is 1. The predicted octanol–water partition coefficient (Wildman–Crippen LogP) is 1.21. The van der Waals surface area contributed by atoms with Gasteiger partial charge < -0.3 is 10.1 Å². The summed E-state index contributed by atoms with van der Waals surface area (Å²) in [5, 5.41) is 22.0. The molecule has 1 unspecified atom stereocenters. The van der Waals surface area contributed by atoms with Crippen molar-refractivity contribution in [2.45, 2.75) is 6.92 Å². The summed E-state index contributed by atoms with van der Waals surface area (Å²) in [7, 11) is 0. The minimum atomic E-state index is -2.33. The van der Waals surface area contributed by atoms with E-state index in [9.17, 15) is 23.7 Å². The lowest BCUT2D eigenvalue weighted by atomic mass is 10.2. The lowest BCUT2D eigenvalue weighted by molar-refractivity contribution is -0.384. The molecule has 1 atom stereocenters. The quantitative estimate of drug-likeness (QED) is 0.192. The first-order chi connectivity index (χ1) is 12.9. The summed E-state index contributed by atoms with van der Waals surface area (Å²) in [5.74, 6) is -0.412. The van der Waals surface area contributed by atoms with E-state index in [1.54, 1.807) is 6.92 Å². The van der Waals surface area contributed by atoms with Crippen LogP contribution in [-0.2, 0) is 20.8 Å². The van der Waals surface area contributed by atoms with Crippen molar-refractivity contribution in [1.29, 1.82) is 0 Å². The fourth-order valence-corrected chi connectivity index (χ4v) is 3.49. The maximum Gasteiger partial charge on any atom is 0.319 e. The molecule has 0 aliphatic carbocycles. The van der Waals surface area contributed by atoms with E-state index in [0.29, 0.717) is 10.6 Å². The van der Waals surface area contributed by atoms with Crippen molar-refractivity contribution in [3.05, 3.63) is 34.4 Å². The number of esters is 1. The highest BCUT2D eigenvalue weighted by Gasteiger charge is 2.18. The van der Waals surface area contributed by atoms with Crippen LogP contribution >= 0.6 is 11.3 Å². The Morgan fingerprint density at radius 3 is 2.70 bits per heavy atom. The lowest BCUT2D eigenvalue weighted by Crippen LogP contribution is -2.35. The van der Waals surface area contributed by atoms with E-state index >= 15 is 0 Å². The maximum atomic E-state index is 11.6. The summed E-state index contributed by atoms with van der Waals surface area (Å²) in [6.07, 6.45) is 0. The van der Waals surface area contributed by atoms with Gasteiger partial charge in [0.1, 0.15) is 5.01 Å². The van der Waals surface area contributed by atoms with Crippen molar-refractivity contribution < 1.29 is 23.2 Å². The standard InChI is InChI=1S/C14H17N5O6S2/c1-2-25-12(20)9-15-7-8-18(27(23)24)14-17-16-13(26-14)10-3-5-11(6-4-10)19(21)22/h3-6,15H,2,7-9H2,1H3,(H,23,24). The van der Waals surface area contributed by atoms with Crippen molar-refractivity contribution in [3.8, 4) is 10.6 Å². The summed E-state index contributed by atoms with van der Waals surface area (Å²) in [6.45, 7) is 2.33. The van der Waals surface area contributed by atoms with Crippen LogP contribution in [0.1, 0.15) is 6.92 Å². The molecule has 1 aromatic carbocycles. The minimum absolute atomic E-state index is 0.0100.